The fourth-order valence-electron chi connectivity index (χ4n) is 2.71. The van der Waals surface area contributed by atoms with Gasteiger partial charge in [0.2, 0.25) is 0 Å². The van der Waals surface area contributed by atoms with Crippen molar-refractivity contribution < 1.29 is 4.74 Å². The van der Waals surface area contributed by atoms with Gasteiger partial charge in [-0.1, -0.05) is 24.3 Å². The predicted molar refractivity (Wildman–Crippen MR) is 95.9 cm³/mol. The van der Waals surface area contributed by atoms with E-state index in [2.05, 4.69) is 37.5 Å². The Balaban J connectivity index is 1.80. The summed E-state index contributed by atoms with van der Waals surface area (Å²) in [4.78, 5) is 0. The number of hydrogen-bond donors (Lipinski definition) is 2. The number of thiocarbonyl (C=S) groups is 1. The van der Waals surface area contributed by atoms with Crippen molar-refractivity contribution in [2.45, 2.75) is 32.8 Å². The van der Waals surface area contributed by atoms with Crippen molar-refractivity contribution >= 4 is 28.7 Å². The first-order valence-electron chi connectivity index (χ1n) is 7.39. The van der Waals surface area contributed by atoms with Crippen molar-refractivity contribution in [3.8, 4) is 5.75 Å². The number of hydrogen-bond acceptors (Lipinski definition) is 2. The zero-order valence-electron chi connectivity index (χ0n) is 13.1. The summed E-state index contributed by atoms with van der Waals surface area (Å²) in [5.41, 5.74) is 4.23. The van der Waals surface area contributed by atoms with E-state index in [1.807, 2.05) is 36.4 Å². The van der Waals surface area contributed by atoms with Crippen LogP contribution in [0.1, 0.15) is 25.0 Å². The van der Waals surface area contributed by atoms with E-state index in [4.69, 9.17) is 17.0 Å². The topological polar surface area (TPSA) is 33.3 Å². The second-order valence-corrected chi connectivity index (χ2v) is 6.63. The number of para-hydroxylation sites is 1. The lowest BCUT2D eigenvalue weighted by Gasteiger charge is -2.19. The van der Waals surface area contributed by atoms with Crippen molar-refractivity contribution in [1.82, 2.24) is 0 Å². The number of aryl methyl sites for hydroxylation is 1. The second-order valence-electron chi connectivity index (χ2n) is 6.22. The highest BCUT2D eigenvalue weighted by Crippen LogP contribution is 2.42. The Morgan fingerprint density at radius 3 is 2.55 bits per heavy atom. The van der Waals surface area contributed by atoms with Crippen molar-refractivity contribution in [1.29, 1.82) is 0 Å². The molecule has 0 bridgehead atoms. The molecular formula is C18H20N2OS. The van der Waals surface area contributed by atoms with E-state index in [1.165, 1.54) is 11.1 Å². The molecule has 2 N–H and O–H groups in total. The molecule has 3 rings (SSSR count). The molecule has 3 nitrogen and oxygen atoms in total. The third kappa shape index (κ3) is 3.07. The Morgan fingerprint density at radius 2 is 1.82 bits per heavy atom. The maximum atomic E-state index is 6.11. The smallest absolute Gasteiger partial charge is 0.175 e. The molecule has 22 heavy (non-hydrogen) atoms. The number of anilines is 2. The van der Waals surface area contributed by atoms with Gasteiger partial charge in [0.05, 0.1) is 5.69 Å². The van der Waals surface area contributed by atoms with Crippen LogP contribution in [-0.2, 0) is 6.42 Å². The fraction of sp³-hybridized carbons (Fsp3) is 0.278. The van der Waals surface area contributed by atoms with Gasteiger partial charge in [0.15, 0.2) is 5.11 Å². The van der Waals surface area contributed by atoms with Crippen LogP contribution in [0.3, 0.4) is 0 Å². The number of benzene rings is 2. The number of ether oxygens (including phenoxy) is 1. The summed E-state index contributed by atoms with van der Waals surface area (Å²) in [6.45, 7) is 6.33. The van der Waals surface area contributed by atoms with Crippen LogP contribution in [0.5, 0.6) is 5.75 Å². The van der Waals surface area contributed by atoms with Crippen molar-refractivity contribution in [2.75, 3.05) is 10.6 Å². The molecule has 2 aromatic rings. The largest absolute Gasteiger partial charge is 0.485 e. The molecule has 1 aliphatic heterocycles. The van der Waals surface area contributed by atoms with Gasteiger partial charge in [0.25, 0.3) is 0 Å². The van der Waals surface area contributed by atoms with Gasteiger partial charge >= 0.3 is 0 Å². The Morgan fingerprint density at radius 1 is 1.09 bits per heavy atom. The molecule has 0 saturated heterocycles. The minimum absolute atomic E-state index is 0.167. The van der Waals surface area contributed by atoms with Gasteiger partial charge in [-0.05, 0) is 56.8 Å². The van der Waals surface area contributed by atoms with Crippen LogP contribution in [0.2, 0.25) is 0 Å². The molecule has 0 saturated carbocycles. The van der Waals surface area contributed by atoms with Gasteiger partial charge in [-0.2, -0.15) is 0 Å². The molecule has 0 fully saturated rings. The molecule has 0 aliphatic carbocycles. The first kappa shape index (κ1) is 14.9. The molecule has 0 amide bonds. The maximum Gasteiger partial charge on any atom is 0.175 e. The third-order valence-electron chi connectivity index (χ3n) is 3.76. The van der Waals surface area contributed by atoms with Crippen LogP contribution < -0.4 is 15.4 Å². The van der Waals surface area contributed by atoms with Crippen LogP contribution in [0, 0.1) is 6.92 Å². The lowest BCUT2D eigenvalue weighted by molar-refractivity contribution is 0.139. The summed E-state index contributed by atoms with van der Waals surface area (Å²) in [7, 11) is 0. The van der Waals surface area contributed by atoms with E-state index in [9.17, 15) is 0 Å². The third-order valence-corrected chi connectivity index (χ3v) is 3.96. The van der Waals surface area contributed by atoms with E-state index in [0.29, 0.717) is 5.11 Å². The Bertz CT molecular complexity index is 711. The Hall–Kier alpha value is -2.07. The van der Waals surface area contributed by atoms with Crippen LogP contribution in [-0.4, -0.2) is 10.7 Å². The first-order valence-corrected chi connectivity index (χ1v) is 7.80. The van der Waals surface area contributed by atoms with E-state index in [1.54, 1.807) is 0 Å². The molecule has 1 heterocycles. The average molecular weight is 312 g/mol. The molecule has 0 unspecified atom stereocenters. The molecule has 4 heteroatoms. The minimum Gasteiger partial charge on any atom is -0.485 e. The maximum absolute atomic E-state index is 6.11. The van der Waals surface area contributed by atoms with Gasteiger partial charge in [-0.25, -0.2) is 0 Å². The van der Waals surface area contributed by atoms with Crippen molar-refractivity contribution in [2.24, 2.45) is 0 Å². The normalized spacial score (nSPS) is 14.9. The van der Waals surface area contributed by atoms with Crippen LogP contribution in [0.15, 0.2) is 42.5 Å². The molecular weight excluding hydrogens is 292 g/mol. The average Bonchev–Trinajstić information content (AvgIpc) is 2.80. The molecule has 0 radical (unpaired) electrons. The summed E-state index contributed by atoms with van der Waals surface area (Å²) < 4.78 is 6.11. The Labute approximate surface area is 136 Å². The monoisotopic (exact) mass is 312 g/mol. The van der Waals surface area contributed by atoms with Crippen molar-refractivity contribution in [3.05, 3.63) is 53.6 Å². The van der Waals surface area contributed by atoms with Crippen LogP contribution in [0.25, 0.3) is 0 Å². The number of fused-ring (bicyclic) bond motifs is 1. The van der Waals surface area contributed by atoms with Gasteiger partial charge in [-0.3, -0.25) is 0 Å². The number of nitrogens with one attached hydrogen (secondary N) is 2. The molecule has 0 aromatic heterocycles. The minimum atomic E-state index is -0.167. The molecule has 0 atom stereocenters. The summed E-state index contributed by atoms with van der Waals surface area (Å²) in [5, 5.41) is 6.99. The number of rotatable bonds is 2. The molecule has 1 aliphatic rings. The summed E-state index contributed by atoms with van der Waals surface area (Å²) in [6, 6.07) is 14.0. The quantitative estimate of drug-likeness (QED) is 0.799. The van der Waals surface area contributed by atoms with Crippen LogP contribution >= 0.6 is 12.2 Å². The van der Waals surface area contributed by atoms with Crippen LogP contribution in [0.4, 0.5) is 11.4 Å². The second kappa shape index (κ2) is 5.61. The summed E-state index contributed by atoms with van der Waals surface area (Å²) >= 11 is 5.40. The van der Waals surface area contributed by atoms with Gasteiger partial charge in [0.1, 0.15) is 11.4 Å². The lowest BCUT2D eigenvalue weighted by atomic mass is 9.98. The van der Waals surface area contributed by atoms with E-state index in [0.717, 1.165) is 23.5 Å². The highest BCUT2D eigenvalue weighted by Gasteiger charge is 2.33. The van der Waals surface area contributed by atoms with E-state index >= 15 is 0 Å². The molecule has 0 spiro atoms. The summed E-state index contributed by atoms with van der Waals surface area (Å²) in [5.74, 6) is 0.919. The standard InChI is InChI=1S/C18H20N2OS/c1-12-9-10-15(16-14(12)11-18(2,3)21-16)20-17(22)19-13-7-5-4-6-8-13/h4-10H,11H2,1-3H3,(H2,19,20,22). The molecule has 114 valence electrons. The van der Waals surface area contributed by atoms with E-state index < -0.39 is 0 Å². The highest BCUT2D eigenvalue weighted by molar-refractivity contribution is 7.80. The lowest BCUT2D eigenvalue weighted by Crippen LogP contribution is -2.25. The highest BCUT2D eigenvalue weighted by atomic mass is 32.1. The Kier molecular flexibility index (Phi) is 3.79. The summed E-state index contributed by atoms with van der Waals surface area (Å²) in [6.07, 6.45) is 0.919. The van der Waals surface area contributed by atoms with E-state index in [-0.39, 0.29) is 5.60 Å². The zero-order chi connectivity index (χ0) is 15.7. The van der Waals surface area contributed by atoms with Gasteiger partial charge in [0, 0.05) is 17.7 Å². The fourth-order valence-corrected chi connectivity index (χ4v) is 2.93. The first-order chi connectivity index (χ1) is 10.4. The SMILES string of the molecule is Cc1ccc(NC(=S)Nc2ccccc2)c2c1CC(C)(C)O2. The van der Waals surface area contributed by atoms with Gasteiger partial charge < -0.3 is 15.4 Å². The molecule has 2 aromatic carbocycles. The predicted octanol–water partition coefficient (Wildman–Crippen LogP) is 4.52. The zero-order valence-corrected chi connectivity index (χ0v) is 13.9. The van der Waals surface area contributed by atoms with Gasteiger partial charge in [-0.15, -0.1) is 0 Å². The van der Waals surface area contributed by atoms with Crippen molar-refractivity contribution in [3.63, 3.8) is 0 Å².